The van der Waals surface area contributed by atoms with Gasteiger partial charge in [-0.05, 0) is 43.2 Å². The first kappa shape index (κ1) is 21.8. The Labute approximate surface area is 187 Å². The highest BCUT2D eigenvalue weighted by Gasteiger charge is 2.20. The lowest BCUT2D eigenvalue weighted by Crippen LogP contribution is -2.42. The van der Waals surface area contributed by atoms with E-state index in [2.05, 4.69) is 10.3 Å². The molecule has 0 bridgehead atoms. The van der Waals surface area contributed by atoms with Crippen LogP contribution < -0.4 is 10.1 Å². The lowest BCUT2D eigenvalue weighted by molar-refractivity contribution is -0.135. The lowest BCUT2D eigenvalue weighted by Gasteiger charge is -2.27. The number of fused-ring (bicyclic) bond motifs is 1. The summed E-state index contributed by atoms with van der Waals surface area (Å²) in [6.07, 6.45) is 0. The first-order valence-corrected chi connectivity index (χ1v) is 10.8. The number of nitrogens with zero attached hydrogens (tertiary/aromatic N) is 3. The van der Waals surface area contributed by atoms with Crippen molar-refractivity contribution in [3.8, 4) is 5.75 Å². The molecule has 8 nitrogen and oxygen atoms in total. The summed E-state index contributed by atoms with van der Waals surface area (Å²) in [5.41, 5.74) is 3.71. The molecule has 2 amide bonds. The van der Waals surface area contributed by atoms with Gasteiger partial charge in [-0.25, -0.2) is 4.98 Å². The second kappa shape index (κ2) is 9.82. The summed E-state index contributed by atoms with van der Waals surface area (Å²) in [6, 6.07) is 13.6. The zero-order valence-electron chi connectivity index (χ0n) is 18.5. The summed E-state index contributed by atoms with van der Waals surface area (Å²) in [5, 5.41) is 2.87. The normalized spacial score (nSPS) is 13.9. The number of ether oxygens (including phenoxy) is 2. The average molecular weight is 437 g/mol. The summed E-state index contributed by atoms with van der Waals surface area (Å²) in [4.78, 5) is 31.7. The largest absolute Gasteiger partial charge is 0.483 e. The van der Waals surface area contributed by atoms with Crippen LogP contribution in [-0.2, 0) is 27.4 Å². The van der Waals surface area contributed by atoms with Gasteiger partial charge in [0.25, 0.3) is 5.91 Å². The molecular formula is C24H28N4O4. The van der Waals surface area contributed by atoms with Gasteiger partial charge in [0.2, 0.25) is 5.91 Å². The Kier molecular flexibility index (Phi) is 6.70. The minimum Gasteiger partial charge on any atom is -0.483 e. The van der Waals surface area contributed by atoms with Crippen LogP contribution in [0.5, 0.6) is 5.75 Å². The fraction of sp³-hybridized carbons (Fsp3) is 0.375. The number of carbonyl (C=O) groups excluding carboxylic acids is 2. The molecule has 1 aliphatic heterocycles. The van der Waals surface area contributed by atoms with E-state index in [1.54, 1.807) is 4.90 Å². The summed E-state index contributed by atoms with van der Waals surface area (Å²) in [7, 11) is 0. The number of amides is 2. The fourth-order valence-electron chi connectivity index (χ4n) is 3.72. The molecule has 1 aliphatic rings. The molecule has 2 aromatic carbocycles. The minimum atomic E-state index is -0.246. The van der Waals surface area contributed by atoms with E-state index in [9.17, 15) is 9.59 Å². The van der Waals surface area contributed by atoms with E-state index in [1.165, 1.54) is 0 Å². The highest BCUT2D eigenvalue weighted by molar-refractivity contribution is 5.81. The van der Waals surface area contributed by atoms with Crippen LogP contribution in [0.1, 0.15) is 17.0 Å². The van der Waals surface area contributed by atoms with E-state index in [0.717, 1.165) is 22.2 Å². The van der Waals surface area contributed by atoms with Crippen molar-refractivity contribution in [3.05, 3.63) is 59.4 Å². The average Bonchev–Trinajstić information content (AvgIpc) is 3.16. The first-order chi connectivity index (χ1) is 15.5. The van der Waals surface area contributed by atoms with Gasteiger partial charge in [-0.3, -0.25) is 9.59 Å². The summed E-state index contributed by atoms with van der Waals surface area (Å²) in [5.74, 6) is 1.10. The summed E-state index contributed by atoms with van der Waals surface area (Å²) < 4.78 is 12.9. The Balaban J connectivity index is 1.43. The van der Waals surface area contributed by atoms with Crippen LogP contribution in [0, 0.1) is 13.8 Å². The van der Waals surface area contributed by atoms with Crippen molar-refractivity contribution in [3.63, 3.8) is 0 Å². The predicted molar refractivity (Wildman–Crippen MR) is 120 cm³/mol. The third kappa shape index (κ3) is 5.08. The Bertz CT molecular complexity index is 1120. The topological polar surface area (TPSA) is 85.7 Å². The van der Waals surface area contributed by atoms with Crippen molar-refractivity contribution < 1.29 is 19.1 Å². The zero-order valence-corrected chi connectivity index (χ0v) is 18.5. The van der Waals surface area contributed by atoms with Crippen LogP contribution in [-0.4, -0.2) is 59.2 Å². The van der Waals surface area contributed by atoms with Crippen LogP contribution in [0.25, 0.3) is 11.0 Å². The van der Waals surface area contributed by atoms with Crippen LogP contribution in [0.15, 0.2) is 42.5 Å². The number of morpholine rings is 1. The second-order valence-electron chi connectivity index (χ2n) is 7.93. The van der Waals surface area contributed by atoms with Gasteiger partial charge in [0, 0.05) is 13.1 Å². The standard InChI is InChI=1S/C24H28N4O4/c1-17-7-8-18(2)21(13-17)32-16-23(29)25-14-22-26-19-5-3-4-6-20(19)28(22)15-24(30)27-9-11-31-12-10-27/h3-8,13H,9-12,14-16H2,1-2H3,(H,25,29). The van der Waals surface area contributed by atoms with Crippen molar-refractivity contribution in [1.29, 1.82) is 0 Å². The lowest BCUT2D eigenvalue weighted by atomic mass is 10.1. The molecule has 4 rings (SSSR count). The van der Waals surface area contributed by atoms with Gasteiger partial charge in [-0.15, -0.1) is 0 Å². The molecule has 8 heteroatoms. The number of hydrogen-bond donors (Lipinski definition) is 1. The molecule has 0 unspecified atom stereocenters. The first-order valence-electron chi connectivity index (χ1n) is 10.8. The zero-order chi connectivity index (χ0) is 22.5. The molecule has 1 fully saturated rings. The smallest absolute Gasteiger partial charge is 0.258 e. The Morgan fingerprint density at radius 3 is 2.72 bits per heavy atom. The van der Waals surface area contributed by atoms with Crippen LogP contribution in [0.2, 0.25) is 0 Å². The van der Waals surface area contributed by atoms with E-state index < -0.39 is 0 Å². The number of hydrogen-bond acceptors (Lipinski definition) is 5. The highest BCUT2D eigenvalue weighted by Crippen LogP contribution is 2.19. The number of rotatable bonds is 7. The highest BCUT2D eigenvalue weighted by atomic mass is 16.5. The number of imidazole rings is 1. The monoisotopic (exact) mass is 436 g/mol. The molecule has 0 aliphatic carbocycles. The number of carbonyl (C=O) groups is 2. The van der Waals surface area contributed by atoms with Gasteiger partial charge in [0.15, 0.2) is 6.61 Å². The van der Waals surface area contributed by atoms with Gasteiger partial charge in [-0.2, -0.15) is 0 Å². The quantitative estimate of drug-likeness (QED) is 0.614. The molecule has 0 spiro atoms. The van der Waals surface area contributed by atoms with Gasteiger partial charge >= 0.3 is 0 Å². The fourth-order valence-corrected chi connectivity index (χ4v) is 3.72. The molecule has 1 N–H and O–H groups in total. The molecule has 3 aromatic rings. The van der Waals surface area contributed by atoms with Gasteiger partial charge < -0.3 is 24.3 Å². The molecule has 32 heavy (non-hydrogen) atoms. The van der Waals surface area contributed by atoms with Crippen molar-refractivity contribution in [2.24, 2.45) is 0 Å². The predicted octanol–water partition coefficient (Wildman–Crippen LogP) is 2.21. The van der Waals surface area contributed by atoms with E-state index >= 15 is 0 Å². The van der Waals surface area contributed by atoms with Crippen molar-refractivity contribution >= 4 is 22.8 Å². The Morgan fingerprint density at radius 1 is 1.12 bits per heavy atom. The van der Waals surface area contributed by atoms with Gasteiger partial charge in [0.05, 0.1) is 30.8 Å². The van der Waals surface area contributed by atoms with Crippen molar-refractivity contribution in [2.75, 3.05) is 32.9 Å². The summed E-state index contributed by atoms with van der Waals surface area (Å²) in [6.45, 7) is 6.51. The second-order valence-corrected chi connectivity index (χ2v) is 7.93. The number of aromatic nitrogens is 2. The molecule has 168 valence electrons. The molecule has 0 atom stereocenters. The Hall–Kier alpha value is -3.39. The maximum Gasteiger partial charge on any atom is 0.258 e. The molecule has 2 heterocycles. The number of benzene rings is 2. The number of aryl methyl sites for hydroxylation is 2. The van der Waals surface area contributed by atoms with E-state index in [-0.39, 0.29) is 31.5 Å². The third-order valence-electron chi connectivity index (χ3n) is 5.54. The third-order valence-corrected chi connectivity index (χ3v) is 5.54. The molecule has 0 radical (unpaired) electrons. The van der Waals surface area contributed by atoms with Crippen LogP contribution in [0.3, 0.4) is 0 Å². The number of para-hydroxylation sites is 2. The van der Waals surface area contributed by atoms with E-state index in [0.29, 0.717) is 37.9 Å². The van der Waals surface area contributed by atoms with E-state index in [1.807, 2.05) is 60.9 Å². The SMILES string of the molecule is Cc1ccc(C)c(OCC(=O)NCc2nc3ccccc3n2CC(=O)N2CCOCC2)c1. The number of nitrogens with one attached hydrogen (secondary N) is 1. The van der Waals surface area contributed by atoms with Crippen LogP contribution in [0.4, 0.5) is 0 Å². The Morgan fingerprint density at radius 2 is 1.91 bits per heavy atom. The molecular weight excluding hydrogens is 408 g/mol. The van der Waals surface area contributed by atoms with Gasteiger partial charge in [-0.1, -0.05) is 24.3 Å². The minimum absolute atomic E-state index is 0.0160. The molecule has 0 saturated carbocycles. The van der Waals surface area contributed by atoms with Crippen molar-refractivity contribution in [1.82, 2.24) is 19.8 Å². The maximum atomic E-state index is 12.8. The summed E-state index contributed by atoms with van der Waals surface area (Å²) >= 11 is 0. The molecule has 1 aromatic heterocycles. The maximum absolute atomic E-state index is 12.8. The van der Waals surface area contributed by atoms with Gasteiger partial charge in [0.1, 0.15) is 18.1 Å². The van der Waals surface area contributed by atoms with E-state index in [4.69, 9.17) is 9.47 Å². The van der Waals surface area contributed by atoms with Crippen molar-refractivity contribution in [2.45, 2.75) is 26.9 Å². The van der Waals surface area contributed by atoms with Crippen LogP contribution >= 0.6 is 0 Å². The molecule has 1 saturated heterocycles.